The second kappa shape index (κ2) is 6.86. The minimum Gasteiger partial charge on any atom is -0.348 e. The van der Waals surface area contributed by atoms with Crippen LogP contribution in [0.15, 0.2) is 60.9 Å². The Hall–Kier alpha value is -2.37. The zero-order valence-electron chi connectivity index (χ0n) is 13.4. The van der Waals surface area contributed by atoms with Crippen molar-refractivity contribution in [2.45, 2.75) is 12.5 Å². The van der Waals surface area contributed by atoms with Gasteiger partial charge in [0, 0.05) is 29.4 Å². The van der Waals surface area contributed by atoms with Gasteiger partial charge >= 0.3 is 0 Å². The van der Waals surface area contributed by atoms with Crippen molar-refractivity contribution in [1.82, 2.24) is 14.9 Å². The summed E-state index contributed by atoms with van der Waals surface area (Å²) in [5, 5.41) is 4.71. The normalized spacial score (nSPS) is 16.4. The van der Waals surface area contributed by atoms with Crippen molar-refractivity contribution in [1.29, 1.82) is 0 Å². The Balaban J connectivity index is 1.65. The zero-order chi connectivity index (χ0) is 17.2. The third-order valence-corrected chi connectivity index (χ3v) is 4.99. The Morgan fingerprint density at radius 2 is 1.92 bits per heavy atom. The standard InChI is InChI=1S/C19H17ClN4S/c20-14-6-8-15(9-7-14)23-19(25)24-11-10-16-17(22-12-21-16)18(24)13-4-2-1-3-5-13/h1-9,12,18H,10-11H2,(H,21,22)(H,23,25)/t18-/m0/s1. The maximum atomic E-state index is 5.96. The van der Waals surface area contributed by atoms with Gasteiger partial charge in [-0.3, -0.25) is 0 Å². The van der Waals surface area contributed by atoms with Crippen LogP contribution in [0.1, 0.15) is 23.0 Å². The third-order valence-electron chi connectivity index (χ3n) is 4.40. The van der Waals surface area contributed by atoms with Gasteiger partial charge in [-0.25, -0.2) is 4.98 Å². The average molecular weight is 369 g/mol. The molecule has 1 aromatic heterocycles. The number of rotatable bonds is 2. The molecule has 3 aromatic rings. The Bertz CT molecular complexity index is 876. The zero-order valence-corrected chi connectivity index (χ0v) is 15.0. The average Bonchev–Trinajstić information content (AvgIpc) is 3.12. The first-order valence-corrected chi connectivity index (χ1v) is 8.91. The van der Waals surface area contributed by atoms with Gasteiger partial charge in [-0.2, -0.15) is 0 Å². The highest BCUT2D eigenvalue weighted by Crippen LogP contribution is 2.33. The summed E-state index contributed by atoms with van der Waals surface area (Å²) in [5.74, 6) is 0. The van der Waals surface area contributed by atoms with E-state index in [9.17, 15) is 0 Å². The number of nitrogens with one attached hydrogen (secondary N) is 2. The summed E-state index contributed by atoms with van der Waals surface area (Å²) in [6.45, 7) is 0.828. The van der Waals surface area contributed by atoms with Crippen LogP contribution in [0.4, 0.5) is 5.69 Å². The van der Waals surface area contributed by atoms with Crippen LogP contribution in [0, 0.1) is 0 Å². The molecule has 4 nitrogen and oxygen atoms in total. The quantitative estimate of drug-likeness (QED) is 0.658. The lowest BCUT2D eigenvalue weighted by atomic mass is 9.96. The summed E-state index contributed by atoms with van der Waals surface area (Å²) in [6.07, 6.45) is 2.65. The van der Waals surface area contributed by atoms with E-state index in [1.165, 1.54) is 11.3 Å². The molecule has 1 aliphatic rings. The number of hydrogen-bond acceptors (Lipinski definition) is 2. The fourth-order valence-corrected chi connectivity index (χ4v) is 3.64. The van der Waals surface area contributed by atoms with Crippen LogP contribution < -0.4 is 5.32 Å². The highest BCUT2D eigenvalue weighted by atomic mass is 35.5. The van der Waals surface area contributed by atoms with E-state index in [-0.39, 0.29) is 6.04 Å². The van der Waals surface area contributed by atoms with Gasteiger partial charge in [0.15, 0.2) is 5.11 Å². The van der Waals surface area contributed by atoms with Crippen molar-refractivity contribution in [3.8, 4) is 0 Å². The monoisotopic (exact) mass is 368 g/mol. The van der Waals surface area contributed by atoms with Gasteiger partial charge in [0.1, 0.15) is 6.04 Å². The Morgan fingerprint density at radius 3 is 2.68 bits per heavy atom. The largest absolute Gasteiger partial charge is 0.348 e. The lowest BCUT2D eigenvalue weighted by molar-refractivity contribution is 0.336. The Labute approximate surface area is 156 Å². The van der Waals surface area contributed by atoms with Gasteiger partial charge in [-0.05, 0) is 42.0 Å². The van der Waals surface area contributed by atoms with Crippen LogP contribution in [0.2, 0.25) is 5.02 Å². The number of nitrogens with zero attached hydrogens (tertiary/aromatic N) is 2. The molecule has 126 valence electrons. The lowest BCUT2D eigenvalue weighted by Crippen LogP contribution is -2.42. The summed E-state index contributed by atoms with van der Waals surface area (Å²) >= 11 is 11.7. The fraction of sp³-hybridized carbons (Fsp3) is 0.158. The van der Waals surface area contributed by atoms with Gasteiger partial charge in [-0.1, -0.05) is 41.9 Å². The molecule has 2 heterocycles. The molecule has 1 atom stereocenters. The number of benzene rings is 2. The number of imidazole rings is 1. The summed E-state index contributed by atoms with van der Waals surface area (Å²) in [6, 6.07) is 17.9. The van der Waals surface area contributed by atoms with Crippen LogP contribution >= 0.6 is 23.8 Å². The molecule has 0 bridgehead atoms. The molecule has 0 aliphatic carbocycles. The number of aromatic amines is 1. The molecule has 4 rings (SSSR count). The predicted octanol–water partition coefficient (Wildman–Crippen LogP) is 4.41. The number of aromatic nitrogens is 2. The van der Waals surface area contributed by atoms with Gasteiger partial charge < -0.3 is 15.2 Å². The molecule has 2 N–H and O–H groups in total. The number of thiocarbonyl (C=S) groups is 1. The first kappa shape index (κ1) is 16.1. The highest BCUT2D eigenvalue weighted by molar-refractivity contribution is 7.80. The topological polar surface area (TPSA) is 44.0 Å². The van der Waals surface area contributed by atoms with Crippen molar-refractivity contribution in [2.24, 2.45) is 0 Å². The molecular weight excluding hydrogens is 352 g/mol. The minimum atomic E-state index is 0.00324. The van der Waals surface area contributed by atoms with Gasteiger partial charge in [-0.15, -0.1) is 0 Å². The number of halogens is 1. The van der Waals surface area contributed by atoms with Gasteiger partial charge in [0.05, 0.1) is 12.0 Å². The summed E-state index contributed by atoms with van der Waals surface area (Å²) in [4.78, 5) is 10.0. The van der Waals surface area contributed by atoms with E-state index in [4.69, 9.17) is 23.8 Å². The van der Waals surface area contributed by atoms with Crippen molar-refractivity contribution in [3.05, 3.63) is 82.9 Å². The molecule has 2 aromatic carbocycles. The molecule has 25 heavy (non-hydrogen) atoms. The second-order valence-corrected chi connectivity index (χ2v) is 6.78. The molecule has 0 amide bonds. The van der Waals surface area contributed by atoms with E-state index in [1.54, 1.807) is 6.33 Å². The number of fused-ring (bicyclic) bond motifs is 1. The molecule has 6 heteroatoms. The van der Waals surface area contributed by atoms with Crippen molar-refractivity contribution < 1.29 is 0 Å². The van der Waals surface area contributed by atoms with E-state index in [2.05, 4.69) is 32.3 Å². The maximum absolute atomic E-state index is 5.96. The fourth-order valence-electron chi connectivity index (χ4n) is 3.20. The van der Waals surface area contributed by atoms with E-state index < -0.39 is 0 Å². The predicted molar refractivity (Wildman–Crippen MR) is 105 cm³/mol. The van der Waals surface area contributed by atoms with Gasteiger partial charge in [0.2, 0.25) is 0 Å². The summed E-state index contributed by atoms with van der Waals surface area (Å²) < 4.78 is 0. The van der Waals surface area contributed by atoms with Crippen LogP contribution in [0.25, 0.3) is 0 Å². The highest BCUT2D eigenvalue weighted by Gasteiger charge is 2.32. The first-order valence-electron chi connectivity index (χ1n) is 8.12. The van der Waals surface area contributed by atoms with Crippen molar-refractivity contribution in [3.63, 3.8) is 0 Å². The Morgan fingerprint density at radius 1 is 1.16 bits per heavy atom. The molecule has 0 unspecified atom stereocenters. The molecule has 0 spiro atoms. The van der Waals surface area contributed by atoms with Crippen molar-refractivity contribution >= 4 is 34.6 Å². The van der Waals surface area contributed by atoms with Crippen molar-refractivity contribution in [2.75, 3.05) is 11.9 Å². The summed E-state index contributed by atoms with van der Waals surface area (Å²) in [7, 11) is 0. The molecule has 1 aliphatic heterocycles. The molecule has 0 saturated carbocycles. The number of anilines is 1. The van der Waals surface area contributed by atoms with E-state index in [1.807, 2.05) is 42.5 Å². The van der Waals surface area contributed by atoms with E-state index >= 15 is 0 Å². The Kier molecular flexibility index (Phi) is 4.42. The van der Waals surface area contributed by atoms with E-state index in [0.717, 1.165) is 24.3 Å². The minimum absolute atomic E-state index is 0.00324. The van der Waals surface area contributed by atoms with Crippen LogP contribution in [0.5, 0.6) is 0 Å². The third kappa shape index (κ3) is 3.25. The molecule has 0 fully saturated rings. The van der Waals surface area contributed by atoms with Crippen LogP contribution in [-0.4, -0.2) is 26.5 Å². The molecular formula is C19H17ClN4S. The number of H-pyrrole nitrogens is 1. The lowest BCUT2D eigenvalue weighted by Gasteiger charge is -2.37. The number of hydrogen-bond donors (Lipinski definition) is 2. The first-order chi connectivity index (χ1) is 12.2. The van der Waals surface area contributed by atoms with Gasteiger partial charge in [0.25, 0.3) is 0 Å². The smallest absolute Gasteiger partial charge is 0.174 e. The molecule has 0 saturated heterocycles. The SMILES string of the molecule is S=C(Nc1ccc(Cl)cc1)N1CCc2[nH]cnc2[C@@H]1c1ccccc1. The second-order valence-electron chi connectivity index (χ2n) is 5.96. The van der Waals surface area contributed by atoms with Crippen LogP contribution in [0.3, 0.4) is 0 Å². The van der Waals surface area contributed by atoms with Crippen LogP contribution in [-0.2, 0) is 6.42 Å². The maximum Gasteiger partial charge on any atom is 0.174 e. The molecule has 0 radical (unpaired) electrons. The van der Waals surface area contributed by atoms with E-state index in [0.29, 0.717) is 10.1 Å². The summed E-state index contributed by atoms with van der Waals surface area (Å²) in [5.41, 5.74) is 4.32.